The number of hydrogen-bond donors (Lipinski definition) is 2. The van der Waals surface area contributed by atoms with Crippen LogP contribution >= 0.6 is 0 Å². The van der Waals surface area contributed by atoms with E-state index in [1.54, 1.807) is 0 Å². The molecule has 0 aliphatic rings. The van der Waals surface area contributed by atoms with Crippen molar-refractivity contribution in [2.75, 3.05) is 0 Å². The number of carboxylic acids is 2. The molecule has 4 nitrogen and oxygen atoms in total. The fourth-order valence-corrected chi connectivity index (χ4v) is 1.61. The maximum absolute atomic E-state index is 10.5. The Morgan fingerprint density at radius 3 is 1.62 bits per heavy atom. The van der Waals surface area contributed by atoms with E-state index in [1.807, 2.05) is 31.2 Å². The zero-order chi connectivity index (χ0) is 15.7. The van der Waals surface area contributed by atoms with Gasteiger partial charge in [0.25, 0.3) is 0 Å². The van der Waals surface area contributed by atoms with E-state index in [0.29, 0.717) is 0 Å². The molecule has 0 spiro atoms. The summed E-state index contributed by atoms with van der Waals surface area (Å²) in [7, 11) is 0. The van der Waals surface area contributed by atoms with Gasteiger partial charge in [-0.2, -0.15) is 0 Å². The van der Waals surface area contributed by atoms with E-state index >= 15 is 0 Å². The second-order valence-corrected chi connectivity index (χ2v) is 4.07. The third-order valence-corrected chi connectivity index (χ3v) is 2.55. The predicted octanol–water partition coefficient (Wildman–Crippen LogP) is 3.80. The smallest absolute Gasteiger partial charge is 0.336 e. The van der Waals surface area contributed by atoms with E-state index in [9.17, 15) is 9.59 Å². The molecule has 0 fully saturated rings. The van der Waals surface area contributed by atoms with Gasteiger partial charge in [-0.3, -0.25) is 0 Å². The lowest BCUT2D eigenvalue weighted by Crippen LogP contribution is -2.06. The minimum atomic E-state index is -1.23. The number of aromatic carboxylic acids is 2. The molecule has 0 amide bonds. The highest BCUT2D eigenvalue weighted by Gasteiger charge is 2.13. The number of carbonyl (C=O) groups is 2. The van der Waals surface area contributed by atoms with Gasteiger partial charge in [-0.25, -0.2) is 9.59 Å². The van der Waals surface area contributed by atoms with Crippen molar-refractivity contribution >= 4 is 18.0 Å². The van der Waals surface area contributed by atoms with Crippen LogP contribution in [-0.4, -0.2) is 22.2 Å². The highest BCUT2D eigenvalue weighted by molar-refractivity contribution is 6.01. The van der Waals surface area contributed by atoms with Crippen LogP contribution in [0.4, 0.5) is 0 Å². The van der Waals surface area contributed by atoms with E-state index in [-0.39, 0.29) is 11.1 Å². The standard InChI is InChI=1S/C9H10.C8H6O4/c1-2-6-9-7-4-3-5-8-9;9-7(10)5-3-1-2-4-6(5)8(11)12/h2-8H,1H3;1-4H,(H,9,10)(H,11,12). The van der Waals surface area contributed by atoms with E-state index in [0.717, 1.165) is 0 Å². The van der Waals surface area contributed by atoms with Gasteiger partial charge in [-0.1, -0.05) is 54.6 Å². The molecular formula is C17H16O4. The van der Waals surface area contributed by atoms with E-state index in [4.69, 9.17) is 10.2 Å². The fourth-order valence-electron chi connectivity index (χ4n) is 1.61. The van der Waals surface area contributed by atoms with Crippen LogP contribution in [0.3, 0.4) is 0 Å². The number of allylic oxidation sites excluding steroid dienone is 1. The van der Waals surface area contributed by atoms with Crippen molar-refractivity contribution in [1.82, 2.24) is 0 Å². The van der Waals surface area contributed by atoms with Crippen LogP contribution in [0.2, 0.25) is 0 Å². The number of hydrogen-bond acceptors (Lipinski definition) is 2. The zero-order valence-electron chi connectivity index (χ0n) is 11.6. The molecule has 0 saturated heterocycles. The van der Waals surface area contributed by atoms with Gasteiger partial charge < -0.3 is 10.2 Å². The van der Waals surface area contributed by atoms with E-state index < -0.39 is 11.9 Å². The Morgan fingerprint density at radius 2 is 1.24 bits per heavy atom. The van der Waals surface area contributed by atoms with Crippen LogP contribution < -0.4 is 0 Å². The molecule has 4 heteroatoms. The summed E-state index contributed by atoms with van der Waals surface area (Å²) in [5, 5.41) is 17.1. The second kappa shape index (κ2) is 8.32. The summed E-state index contributed by atoms with van der Waals surface area (Å²) < 4.78 is 0. The number of carboxylic acid groups (broad SMARTS) is 2. The molecule has 0 heterocycles. The van der Waals surface area contributed by atoms with Crippen LogP contribution in [0.15, 0.2) is 60.7 Å². The summed E-state index contributed by atoms with van der Waals surface area (Å²) >= 11 is 0. The normalized spacial score (nSPS) is 9.76. The Hall–Kier alpha value is -2.88. The summed E-state index contributed by atoms with van der Waals surface area (Å²) in [5.74, 6) is -2.46. The third-order valence-electron chi connectivity index (χ3n) is 2.55. The highest BCUT2D eigenvalue weighted by Crippen LogP contribution is 2.07. The van der Waals surface area contributed by atoms with Gasteiger partial charge in [0.1, 0.15) is 0 Å². The van der Waals surface area contributed by atoms with Gasteiger partial charge in [0.15, 0.2) is 0 Å². The monoisotopic (exact) mass is 284 g/mol. The Bertz CT molecular complexity index is 597. The minimum absolute atomic E-state index is 0.190. The van der Waals surface area contributed by atoms with Gasteiger partial charge in [0, 0.05) is 0 Å². The molecular weight excluding hydrogens is 268 g/mol. The first-order chi connectivity index (χ1) is 10.1. The largest absolute Gasteiger partial charge is 0.478 e. The maximum atomic E-state index is 10.5. The topological polar surface area (TPSA) is 74.6 Å². The maximum Gasteiger partial charge on any atom is 0.336 e. The molecule has 0 aliphatic carbocycles. The Balaban J connectivity index is 0.000000219. The summed E-state index contributed by atoms with van der Waals surface area (Å²) in [6.07, 6.45) is 4.12. The molecule has 2 aromatic carbocycles. The first-order valence-electron chi connectivity index (χ1n) is 6.29. The van der Waals surface area contributed by atoms with E-state index in [2.05, 4.69) is 18.2 Å². The highest BCUT2D eigenvalue weighted by atomic mass is 16.4. The van der Waals surface area contributed by atoms with Crippen molar-refractivity contribution in [3.8, 4) is 0 Å². The zero-order valence-corrected chi connectivity index (χ0v) is 11.6. The molecule has 0 saturated carbocycles. The summed E-state index contributed by atoms with van der Waals surface area (Å²) in [6.45, 7) is 2.02. The Labute approximate surface area is 123 Å². The van der Waals surface area contributed by atoms with Gasteiger partial charge in [0.05, 0.1) is 11.1 Å². The average Bonchev–Trinajstić information content (AvgIpc) is 2.49. The molecule has 108 valence electrons. The summed E-state index contributed by atoms with van der Waals surface area (Å²) in [5.41, 5.74) is 0.884. The summed E-state index contributed by atoms with van der Waals surface area (Å²) in [4.78, 5) is 20.9. The number of benzene rings is 2. The van der Waals surface area contributed by atoms with E-state index in [1.165, 1.54) is 29.8 Å². The molecule has 0 aliphatic heterocycles. The van der Waals surface area contributed by atoms with Gasteiger partial charge >= 0.3 is 11.9 Å². The molecule has 0 aromatic heterocycles. The Kier molecular flexibility index (Phi) is 6.41. The fraction of sp³-hybridized carbons (Fsp3) is 0.0588. The lowest BCUT2D eigenvalue weighted by Gasteiger charge is -1.98. The van der Waals surface area contributed by atoms with Crippen molar-refractivity contribution in [3.05, 3.63) is 77.4 Å². The van der Waals surface area contributed by atoms with Crippen LogP contribution in [0.1, 0.15) is 33.2 Å². The van der Waals surface area contributed by atoms with Crippen LogP contribution in [0.25, 0.3) is 6.08 Å². The molecule has 2 N–H and O–H groups in total. The van der Waals surface area contributed by atoms with Gasteiger partial charge in [0.2, 0.25) is 0 Å². The molecule has 2 aromatic rings. The van der Waals surface area contributed by atoms with Crippen molar-refractivity contribution in [2.24, 2.45) is 0 Å². The lowest BCUT2D eigenvalue weighted by molar-refractivity contribution is 0.0651. The quantitative estimate of drug-likeness (QED) is 0.898. The molecule has 2 rings (SSSR count). The molecule has 0 radical (unpaired) electrons. The summed E-state index contributed by atoms with van der Waals surface area (Å²) in [6, 6.07) is 15.7. The second-order valence-electron chi connectivity index (χ2n) is 4.07. The van der Waals surface area contributed by atoms with Crippen molar-refractivity contribution in [3.63, 3.8) is 0 Å². The van der Waals surface area contributed by atoms with Crippen LogP contribution in [-0.2, 0) is 0 Å². The third kappa shape index (κ3) is 5.32. The number of rotatable bonds is 3. The van der Waals surface area contributed by atoms with Crippen molar-refractivity contribution < 1.29 is 19.8 Å². The minimum Gasteiger partial charge on any atom is -0.478 e. The van der Waals surface area contributed by atoms with Crippen molar-refractivity contribution in [2.45, 2.75) is 6.92 Å². The Morgan fingerprint density at radius 1 is 0.810 bits per heavy atom. The average molecular weight is 284 g/mol. The van der Waals surface area contributed by atoms with Crippen LogP contribution in [0.5, 0.6) is 0 Å². The molecule has 0 unspecified atom stereocenters. The molecule has 0 atom stereocenters. The first kappa shape index (κ1) is 16.2. The first-order valence-corrected chi connectivity index (χ1v) is 6.29. The molecule has 0 bridgehead atoms. The lowest BCUT2D eigenvalue weighted by atomic mass is 10.1. The SMILES string of the molecule is CC=Cc1ccccc1.O=C(O)c1ccccc1C(=O)O. The van der Waals surface area contributed by atoms with Crippen molar-refractivity contribution in [1.29, 1.82) is 0 Å². The predicted molar refractivity (Wildman–Crippen MR) is 81.5 cm³/mol. The van der Waals surface area contributed by atoms with Gasteiger partial charge in [-0.15, -0.1) is 0 Å². The van der Waals surface area contributed by atoms with Gasteiger partial charge in [-0.05, 0) is 24.6 Å². The van der Waals surface area contributed by atoms with Crippen LogP contribution in [0, 0.1) is 0 Å². The molecule has 21 heavy (non-hydrogen) atoms.